The second kappa shape index (κ2) is 12.6. The Kier molecular flexibility index (Phi) is 9.51. The minimum absolute atomic E-state index is 0.0379. The minimum atomic E-state index is -0.520. The molecule has 2 amide bonds. The molecule has 2 aromatic rings. The van der Waals surface area contributed by atoms with Gasteiger partial charge in [0.2, 0.25) is 0 Å². The largest absolute Gasteiger partial charge is 0.449 e. The number of hydrogen-bond acceptors (Lipinski definition) is 6. The van der Waals surface area contributed by atoms with E-state index in [9.17, 15) is 9.59 Å². The van der Waals surface area contributed by atoms with Crippen LogP contribution < -0.4 is 5.32 Å². The molecule has 0 radical (unpaired) electrons. The Bertz CT molecular complexity index is 942. The zero-order valence-electron chi connectivity index (χ0n) is 21.0. The molecule has 0 unspecified atom stereocenters. The minimum Gasteiger partial charge on any atom is -0.449 e. The van der Waals surface area contributed by atoms with E-state index >= 15 is 0 Å². The molecule has 0 aliphatic heterocycles. The molecule has 35 heavy (non-hydrogen) atoms. The molecular formula is C27H36N2O6. The van der Waals surface area contributed by atoms with Gasteiger partial charge in [-0.1, -0.05) is 48.5 Å². The predicted octanol–water partition coefficient (Wildman–Crippen LogP) is 4.43. The van der Waals surface area contributed by atoms with Crippen molar-refractivity contribution in [3.63, 3.8) is 0 Å². The zero-order chi connectivity index (χ0) is 25.3. The summed E-state index contributed by atoms with van der Waals surface area (Å²) in [6.45, 7) is 8.07. The molecule has 0 saturated carbocycles. The molecule has 1 aliphatic carbocycles. The van der Waals surface area contributed by atoms with Crippen LogP contribution in [0, 0.1) is 0 Å². The highest BCUT2D eigenvalue weighted by Gasteiger charge is 2.28. The van der Waals surface area contributed by atoms with E-state index in [2.05, 4.69) is 29.6 Å². The molecule has 0 atom stereocenters. The number of rotatable bonds is 11. The third kappa shape index (κ3) is 7.97. The molecule has 0 saturated heterocycles. The summed E-state index contributed by atoms with van der Waals surface area (Å²) in [5.41, 5.74) is 4.24. The average Bonchev–Trinajstić information content (AvgIpc) is 3.14. The second-order valence-electron chi connectivity index (χ2n) is 9.38. The van der Waals surface area contributed by atoms with Crippen LogP contribution in [0.25, 0.3) is 11.1 Å². The van der Waals surface area contributed by atoms with E-state index in [1.807, 2.05) is 45.0 Å². The van der Waals surface area contributed by atoms with Crippen LogP contribution in [-0.4, -0.2) is 75.9 Å². The van der Waals surface area contributed by atoms with Gasteiger partial charge < -0.3 is 29.2 Å². The Morgan fingerprint density at radius 1 is 0.886 bits per heavy atom. The topological polar surface area (TPSA) is 86.3 Å². The molecule has 3 rings (SSSR count). The fraction of sp³-hybridized carbons (Fsp3) is 0.481. The van der Waals surface area contributed by atoms with E-state index in [0.29, 0.717) is 39.5 Å². The van der Waals surface area contributed by atoms with Crippen molar-refractivity contribution in [1.29, 1.82) is 0 Å². The van der Waals surface area contributed by atoms with Crippen LogP contribution in [0.3, 0.4) is 0 Å². The maximum atomic E-state index is 12.1. The van der Waals surface area contributed by atoms with Gasteiger partial charge in [-0.05, 0) is 43.0 Å². The summed E-state index contributed by atoms with van der Waals surface area (Å²) in [5, 5.41) is 2.72. The quantitative estimate of drug-likeness (QED) is 0.475. The number of nitrogens with one attached hydrogen (secondary N) is 1. The van der Waals surface area contributed by atoms with Crippen molar-refractivity contribution >= 4 is 12.2 Å². The molecule has 0 spiro atoms. The van der Waals surface area contributed by atoms with E-state index in [4.69, 9.17) is 18.9 Å². The number of carbonyl (C=O) groups is 2. The Balaban J connectivity index is 1.24. The lowest BCUT2D eigenvalue weighted by molar-refractivity contribution is 0.0161. The van der Waals surface area contributed by atoms with Crippen molar-refractivity contribution in [2.24, 2.45) is 0 Å². The lowest BCUT2D eigenvalue weighted by Gasteiger charge is -2.24. The Hall–Kier alpha value is -3.10. The normalized spacial score (nSPS) is 12.6. The van der Waals surface area contributed by atoms with Gasteiger partial charge in [0, 0.05) is 26.1 Å². The second-order valence-corrected chi connectivity index (χ2v) is 9.38. The van der Waals surface area contributed by atoms with Crippen molar-refractivity contribution in [3.05, 3.63) is 59.7 Å². The fourth-order valence-electron chi connectivity index (χ4n) is 3.83. The van der Waals surface area contributed by atoms with Crippen LogP contribution in [0.15, 0.2) is 48.5 Å². The molecule has 0 bridgehead atoms. The first-order valence-electron chi connectivity index (χ1n) is 11.9. The molecule has 0 aromatic heterocycles. The Labute approximate surface area is 207 Å². The van der Waals surface area contributed by atoms with Crippen LogP contribution in [0.5, 0.6) is 0 Å². The van der Waals surface area contributed by atoms with Gasteiger partial charge in [0.15, 0.2) is 0 Å². The van der Waals surface area contributed by atoms with Crippen molar-refractivity contribution < 1.29 is 28.5 Å². The van der Waals surface area contributed by atoms with Crippen molar-refractivity contribution in [2.45, 2.75) is 32.3 Å². The number of likely N-dealkylation sites (N-methyl/N-ethyl adjacent to an activating group) is 1. The lowest BCUT2D eigenvalue weighted by atomic mass is 9.98. The van der Waals surface area contributed by atoms with E-state index < -0.39 is 11.7 Å². The molecule has 1 aliphatic rings. The smallest absolute Gasteiger partial charge is 0.410 e. The highest BCUT2D eigenvalue weighted by molar-refractivity contribution is 5.79. The maximum Gasteiger partial charge on any atom is 0.410 e. The van der Waals surface area contributed by atoms with Gasteiger partial charge in [-0.25, -0.2) is 9.59 Å². The first kappa shape index (κ1) is 26.5. The fourth-order valence-corrected chi connectivity index (χ4v) is 3.83. The van der Waals surface area contributed by atoms with E-state index in [1.54, 1.807) is 7.05 Å². The standard InChI is InChI=1S/C27H36N2O6/c1-27(2,3)35-26(31)29(4)14-16-33-18-17-32-15-13-28-25(30)34-19-24-22-11-7-5-9-20(22)21-10-6-8-12-23(21)24/h5-12,24H,13-19H2,1-4H3,(H,28,30). The highest BCUT2D eigenvalue weighted by Crippen LogP contribution is 2.44. The third-order valence-corrected chi connectivity index (χ3v) is 5.51. The molecule has 190 valence electrons. The highest BCUT2D eigenvalue weighted by atomic mass is 16.6. The zero-order valence-corrected chi connectivity index (χ0v) is 21.0. The third-order valence-electron chi connectivity index (χ3n) is 5.51. The molecule has 1 N–H and O–H groups in total. The van der Waals surface area contributed by atoms with Crippen LogP contribution in [0.2, 0.25) is 0 Å². The number of nitrogens with zero attached hydrogens (tertiary/aromatic N) is 1. The van der Waals surface area contributed by atoms with Gasteiger partial charge in [0.05, 0.1) is 26.4 Å². The maximum absolute atomic E-state index is 12.1. The van der Waals surface area contributed by atoms with Crippen molar-refractivity contribution in [3.8, 4) is 11.1 Å². The molecular weight excluding hydrogens is 448 g/mol. The molecule has 8 nitrogen and oxygen atoms in total. The number of amides is 2. The SMILES string of the molecule is CN(CCOCCOCCNC(=O)OCC1c2ccccc2-c2ccccc21)C(=O)OC(C)(C)C. The Morgan fingerprint density at radius 3 is 2.06 bits per heavy atom. The van der Waals surface area contributed by atoms with Gasteiger partial charge in [-0.2, -0.15) is 0 Å². The number of alkyl carbamates (subject to hydrolysis) is 1. The summed E-state index contributed by atoms with van der Waals surface area (Å²) in [7, 11) is 1.67. The van der Waals surface area contributed by atoms with Gasteiger partial charge in [0.1, 0.15) is 12.2 Å². The van der Waals surface area contributed by atoms with Crippen LogP contribution in [-0.2, 0) is 18.9 Å². The molecule has 0 heterocycles. The number of hydrogen-bond donors (Lipinski definition) is 1. The number of carbonyl (C=O) groups excluding carboxylic acids is 2. The van der Waals surface area contributed by atoms with Gasteiger partial charge >= 0.3 is 12.2 Å². The summed E-state index contributed by atoms with van der Waals surface area (Å²) in [6, 6.07) is 16.5. The summed E-state index contributed by atoms with van der Waals surface area (Å²) < 4.78 is 21.7. The van der Waals surface area contributed by atoms with Crippen molar-refractivity contribution in [2.75, 3.05) is 53.2 Å². The van der Waals surface area contributed by atoms with E-state index in [1.165, 1.54) is 27.2 Å². The Morgan fingerprint density at radius 2 is 1.46 bits per heavy atom. The van der Waals surface area contributed by atoms with Crippen LogP contribution in [0.1, 0.15) is 37.8 Å². The van der Waals surface area contributed by atoms with Crippen LogP contribution >= 0.6 is 0 Å². The summed E-state index contributed by atoms with van der Waals surface area (Å²) in [6.07, 6.45) is -0.839. The van der Waals surface area contributed by atoms with Gasteiger partial charge in [-0.3, -0.25) is 0 Å². The lowest BCUT2D eigenvalue weighted by Crippen LogP contribution is -2.36. The van der Waals surface area contributed by atoms with E-state index in [-0.39, 0.29) is 18.6 Å². The summed E-state index contributed by atoms with van der Waals surface area (Å²) in [5.74, 6) is 0.0379. The van der Waals surface area contributed by atoms with Crippen molar-refractivity contribution in [1.82, 2.24) is 10.2 Å². The number of benzene rings is 2. The van der Waals surface area contributed by atoms with E-state index in [0.717, 1.165) is 0 Å². The molecule has 8 heteroatoms. The number of ether oxygens (including phenoxy) is 4. The molecule has 0 fully saturated rings. The summed E-state index contributed by atoms with van der Waals surface area (Å²) >= 11 is 0. The van der Waals surface area contributed by atoms with Gasteiger partial charge in [0.25, 0.3) is 0 Å². The molecule has 2 aromatic carbocycles. The summed E-state index contributed by atoms with van der Waals surface area (Å²) in [4.78, 5) is 25.5. The first-order valence-corrected chi connectivity index (χ1v) is 11.9. The predicted molar refractivity (Wildman–Crippen MR) is 134 cm³/mol. The monoisotopic (exact) mass is 484 g/mol. The average molecular weight is 485 g/mol. The first-order chi connectivity index (χ1) is 16.8. The number of fused-ring (bicyclic) bond motifs is 3. The van der Waals surface area contributed by atoms with Crippen LogP contribution in [0.4, 0.5) is 9.59 Å². The van der Waals surface area contributed by atoms with Gasteiger partial charge in [-0.15, -0.1) is 0 Å².